The van der Waals surface area contributed by atoms with Crippen LogP contribution in [-0.4, -0.2) is 50.3 Å². The van der Waals surface area contributed by atoms with Gasteiger partial charge >= 0.3 is 0 Å². The molecule has 0 unspecified atom stereocenters. The van der Waals surface area contributed by atoms with Gasteiger partial charge in [0, 0.05) is 26.2 Å². The highest BCUT2D eigenvalue weighted by molar-refractivity contribution is 7.89. The molecule has 1 fully saturated rings. The van der Waals surface area contributed by atoms with Gasteiger partial charge in [-0.3, -0.25) is 4.99 Å². The molecule has 0 atom stereocenters. The Morgan fingerprint density at radius 2 is 1.74 bits per heavy atom. The maximum atomic E-state index is 13.2. The van der Waals surface area contributed by atoms with Crippen molar-refractivity contribution >= 4 is 15.9 Å². The van der Waals surface area contributed by atoms with Gasteiger partial charge in [0.05, 0.1) is 17.0 Å². The molecule has 2 aromatic rings. The Bertz CT molecular complexity index is 996. The van der Waals surface area contributed by atoms with Crippen molar-refractivity contribution in [2.45, 2.75) is 49.6 Å². The molecule has 7 heteroatoms. The van der Waals surface area contributed by atoms with Crippen LogP contribution in [0.15, 0.2) is 64.5 Å². The van der Waals surface area contributed by atoms with E-state index in [1.54, 1.807) is 16.4 Å². The van der Waals surface area contributed by atoms with Gasteiger partial charge in [-0.05, 0) is 42.5 Å². The van der Waals surface area contributed by atoms with E-state index in [-0.39, 0.29) is 5.54 Å². The van der Waals surface area contributed by atoms with E-state index in [2.05, 4.69) is 29.7 Å². The first-order chi connectivity index (χ1) is 15.0. The fourth-order valence-electron chi connectivity index (χ4n) is 4.49. The summed E-state index contributed by atoms with van der Waals surface area (Å²) in [5.41, 5.74) is 2.11. The smallest absolute Gasteiger partial charge is 0.243 e. The van der Waals surface area contributed by atoms with Gasteiger partial charge in [0.25, 0.3) is 0 Å². The summed E-state index contributed by atoms with van der Waals surface area (Å²) in [6, 6.07) is 17.6. The topological polar surface area (TPSA) is 73.8 Å². The first-order valence-electron chi connectivity index (χ1n) is 11.2. The van der Waals surface area contributed by atoms with E-state index in [1.165, 1.54) is 11.1 Å². The summed E-state index contributed by atoms with van der Waals surface area (Å²) in [5.74, 6) is 0.962. The SMILES string of the molecule is CCCc1ccc(S(=O)(=O)N2CCC3(CC2)NCCN=C3NCc2ccccc2)cc1. The molecule has 0 radical (unpaired) electrons. The summed E-state index contributed by atoms with van der Waals surface area (Å²) < 4.78 is 28.0. The molecule has 166 valence electrons. The van der Waals surface area contributed by atoms with Gasteiger partial charge in [0.2, 0.25) is 10.0 Å². The zero-order valence-electron chi connectivity index (χ0n) is 18.2. The van der Waals surface area contributed by atoms with Crippen LogP contribution in [0.25, 0.3) is 0 Å². The van der Waals surface area contributed by atoms with Crippen molar-refractivity contribution in [3.63, 3.8) is 0 Å². The third kappa shape index (κ3) is 4.84. The number of amidine groups is 1. The maximum absolute atomic E-state index is 13.2. The van der Waals surface area contributed by atoms with Crippen molar-refractivity contribution in [3.8, 4) is 0 Å². The van der Waals surface area contributed by atoms with Gasteiger partial charge in [-0.2, -0.15) is 4.31 Å². The van der Waals surface area contributed by atoms with Gasteiger partial charge < -0.3 is 10.6 Å². The number of piperidine rings is 1. The van der Waals surface area contributed by atoms with E-state index >= 15 is 0 Å². The summed E-state index contributed by atoms with van der Waals surface area (Å²) in [5, 5.41) is 7.16. The number of nitrogens with zero attached hydrogens (tertiary/aromatic N) is 2. The summed E-state index contributed by atoms with van der Waals surface area (Å²) in [7, 11) is -3.48. The van der Waals surface area contributed by atoms with Crippen LogP contribution >= 0.6 is 0 Å². The predicted octanol–water partition coefficient (Wildman–Crippen LogP) is 2.95. The minimum atomic E-state index is -3.48. The first kappa shape index (κ1) is 22.0. The highest BCUT2D eigenvalue weighted by Crippen LogP contribution is 2.29. The van der Waals surface area contributed by atoms with Gasteiger partial charge in [0.15, 0.2) is 0 Å². The normalized spacial score (nSPS) is 19.2. The van der Waals surface area contributed by atoms with Crippen molar-refractivity contribution < 1.29 is 8.42 Å². The lowest BCUT2D eigenvalue weighted by Crippen LogP contribution is -2.64. The molecule has 2 heterocycles. The van der Waals surface area contributed by atoms with Crippen LogP contribution in [0.4, 0.5) is 0 Å². The number of rotatable bonds is 6. The first-order valence-corrected chi connectivity index (χ1v) is 12.6. The highest BCUT2D eigenvalue weighted by Gasteiger charge is 2.43. The molecule has 0 saturated carbocycles. The zero-order valence-corrected chi connectivity index (χ0v) is 19.0. The fraction of sp³-hybridized carbons (Fsp3) is 0.458. The van der Waals surface area contributed by atoms with Gasteiger partial charge in [-0.25, -0.2) is 8.42 Å². The molecular weight excluding hydrogens is 408 g/mol. The summed E-state index contributed by atoms with van der Waals surface area (Å²) in [6.45, 7) is 5.37. The second-order valence-electron chi connectivity index (χ2n) is 8.38. The Morgan fingerprint density at radius 3 is 2.42 bits per heavy atom. The summed E-state index contributed by atoms with van der Waals surface area (Å²) in [4.78, 5) is 5.15. The molecule has 2 N–H and O–H groups in total. The minimum Gasteiger partial charge on any atom is -0.368 e. The van der Waals surface area contributed by atoms with Gasteiger partial charge in [-0.15, -0.1) is 0 Å². The fourth-order valence-corrected chi connectivity index (χ4v) is 5.93. The lowest BCUT2D eigenvalue weighted by molar-refractivity contribution is 0.241. The largest absolute Gasteiger partial charge is 0.368 e. The van der Waals surface area contributed by atoms with Crippen molar-refractivity contribution in [1.29, 1.82) is 0 Å². The molecule has 0 aliphatic carbocycles. The van der Waals surface area contributed by atoms with Crippen LogP contribution in [0.1, 0.15) is 37.3 Å². The van der Waals surface area contributed by atoms with Crippen LogP contribution in [0.3, 0.4) is 0 Å². The number of sulfonamides is 1. The number of aryl methyl sites for hydroxylation is 1. The van der Waals surface area contributed by atoms with E-state index in [4.69, 9.17) is 4.99 Å². The Labute approximate surface area is 185 Å². The number of hydrogen-bond acceptors (Lipinski definition) is 5. The molecule has 31 heavy (non-hydrogen) atoms. The van der Waals surface area contributed by atoms with Crippen LogP contribution in [0.5, 0.6) is 0 Å². The Kier molecular flexibility index (Phi) is 6.74. The standard InChI is InChI=1S/C24H32N4O2S/c1-2-6-20-9-11-22(12-10-20)31(29,30)28-17-13-24(14-18-28)23(25-15-16-27-24)26-19-21-7-4-3-5-8-21/h3-5,7-12,27H,2,6,13-19H2,1H3,(H,25,26). The molecule has 2 aliphatic rings. The van der Waals surface area contributed by atoms with Crippen molar-refractivity contribution in [2.24, 2.45) is 4.99 Å². The predicted molar refractivity (Wildman–Crippen MR) is 125 cm³/mol. The number of benzene rings is 2. The van der Waals surface area contributed by atoms with Crippen LogP contribution in [0.2, 0.25) is 0 Å². The third-order valence-electron chi connectivity index (χ3n) is 6.28. The molecule has 2 aliphatic heterocycles. The quantitative estimate of drug-likeness (QED) is 0.724. The van der Waals surface area contributed by atoms with Crippen molar-refractivity contribution in [2.75, 3.05) is 26.2 Å². The second kappa shape index (κ2) is 9.51. The Hall–Kier alpha value is -2.22. The average Bonchev–Trinajstić information content (AvgIpc) is 2.80. The monoisotopic (exact) mass is 440 g/mol. The molecule has 0 bridgehead atoms. The van der Waals surface area contributed by atoms with E-state index in [9.17, 15) is 8.42 Å². The molecule has 1 spiro atoms. The minimum absolute atomic E-state index is 0.274. The van der Waals surface area contributed by atoms with E-state index in [1.807, 2.05) is 30.3 Å². The van der Waals surface area contributed by atoms with E-state index in [0.29, 0.717) is 30.8 Å². The average molecular weight is 441 g/mol. The van der Waals surface area contributed by atoms with E-state index < -0.39 is 10.0 Å². The number of hydrogen-bond donors (Lipinski definition) is 2. The molecule has 0 aromatic heterocycles. The third-order valence-corrected chi connectivity index (χ3v) is 8.19. The van der Waals surface area contributed by atoms with Crippen LogP contribution in [-0.2, 0) is 23.0 Å². The summed E-state index contributed by atoms with van der Waals surface area (Å²) in [6.07, 6.45) is 3.44. The summed E-state index contributed by atoms with van der Waals surface area (Å²) >= 11 is 0. The Morgan fingerprint density at radius 1 is 1.03 bits per heavy atom. The molecule has 2 aromatic carbocycles. The van der Waals surface area contributed by atoms with Crippen molar-refractivity contribution in [1.82, 2.24) is 14.9 Å². The van der Waals surface area contributed by atoms with Gasteiger partial charge in [-0.1, -0.05) is 55.8 Å². The van der Waals surface area contributed by atoms with Crippen LogP contribution in [0, 0.1) is 0 Å². The molecule has 6 nitrogen and oxygen atoms in total. The Balaban J connectivity index is 1.43. The van der Waals surface area contributed by atoms with Crippen molar-refractivity contribution in [3.05, 3.63) is 65.7 Å². The molecule has 4 rings (SSSR count). The molecule has 0 amide bonds. The number of aliphatic imine (C=N–C) groups is 1. The zero-order chi connectivity index (χ0) is 21.7. The second-order valence-corrected chi connectivity index (χ2v) is 10.3. The van der Waals surface area contributed by atoms with Gasteiger partial charge in [0.1, 0.15) is 5.84 Å². The molecule has 1 saturated heterocycles. The van der Waals surface area contributed by atoms with Crippen LogP contribution < -0.4 is 10.6 Å². The highest BCUT2D eigenvalue weighted by atomic mass is 32.2. The lowest BCUT2D eigenvalue weighted by Gasteiger charge is -2.44. The number of nitrogens with one attached hydrogen (secondary N) is 2. The van der Waals surface area contributed by atoms with E-state index in [0.717, 1.165) is 38.3 Å². The lowest BCUT2D eigenvalue weighted by atomic mass is 9.85. The maximum Gasteiger partial charge on any atom is 0.243 e. The molecular formula is C24H32N4O2S.